The lowest BCUT2D eigenvalue weighted by molar-refractivity contribution is 0.0747. The number of aromatic nitrogens is 4. The maximum absolute atomic E-state index is 13.0. The first-order valence-electron chi connectivity index (χ1n) is 9.02. The van der Waals surface area contributed by atoms with Gasteiger partial charge in [-0.1, -0.05) is 13.0 Å². The van der Waals surface area contributed by atoms with Crippen molar-refractivity contribution >= 4 is 17.4 Å². The van der Waals surface area contributed by atoms with E-state index >= 15 is 0 Å². The summed E-state index contributed by atoms with van der Waals surface area (Å²) in [5.74, 6) is 1.54. The van der Waals surface area contributed by atoms with Crippen LogP contribution in [0, 0.1) is 5.92 Å². The molecule has 26 heavy (non-hydrogen) atoms. The van der Waals surface area contributed by atoms with Gasteiger partial charge < -0.3 is 10.6 Å². The first kappa shape index (κ1) is 16.5. The Hall–Kier alpha value is -2.96. The molecule has 0 spiro atoms. The number of hydrogen-bond acceptors (Lipinski definition) is 5. The molecule has 0 atom stereocenters. The van der Waals surface area contributed by atoms with Crippen molar-refractivity contribution in [2.75, 3.05) is 18.8 Å². The molecule has 7 nitrogen and oxygen atoms in total. The van der Waals surface area contributed by atoms with E-state index in [2.05, 4.69) is 22.0 Å². The van der Waals surface area contributed by atoms with Gasteiger partial charge in [-0.15, -0.1) is 5.10 Å². The van der Waals surface area contributed by atoms with Crippen molar-refractivity contribution in [1.29, 1.82) is 0 Å². The molecule has 0 aliphatic heterocycles. The SMILES string of the molecule is CCCN(CC1CC1)C(=O)c1cc(N)n2nc(-c3ccccn3)nc2c1. The lowest BCUT2D eigenvalue weighted by Gasteiger charge is -2.22. The lowest BCUT2D eigenvalue weighted by Crippen LogP contribution is -2.33. The van der Waals surface area contributed by atoms with E-state index in [0.29, 0.717) is 34.5 Å². The minimum Gasteiger partial charge on any atom is -0.384 e. The predicted molar refractivity (Wildman–Crippen MR) is 99.5 cm³/mol. The molecule has 0 radical (unpaired) electrons. The average Bonchev–Trinajstić information content (AvgIpc) is 3.36. The Morgan fingerprint density at radius 3 is 2.88 bits per heavy atom. The number of nitrogens with zero attached hydrogens (tertiary/aromatic N) is 5. The van der Waals surface area contributed by atoms with Crippen LogP contribution in [0.1, 0.15) is 36.5 Å². The van der Waals surface area contributed by atoms with Gasteiger partial charge in [-0.25, -0.2) is 4.98 Å². The van der Waals surface area contributed by atoms with Crippen LogP contribution in [0.2, 0.25) is 0 Å². The molecule has 0 aromatic carbocycles. The third-order valence-electron chi connectivity index (χ3n) is 4.56. The molecule has 3 aromatic heterocycles. The third-order valence-corrected chi connectivity index (χ3v) is 4.56. The number of nitrogens with two attached hydrogens (primary N) is 1. The molecule has 0 unspecified atom stereocenters. The summed E-state index contributed by atoms with van der Waals surface area (Å²) in [5, 5.41) is 4.42. The number of anilines is 1. The van der Waals surface area contributed by atoms with Crippen molar-refractivity contribution in [1.82, 2.24) is 24.5 Å². The molecule has 3 heterocycles. The van der Waals surface area contributed by atoms with E-state index in [1.165, 1.54) is 12.8 Å². The Morgan fingerprint density at radius 1 is 1.35 bits per heavy atom. The van der Waals surface area contributed by atoms with E-state index in [4.69, 9.17) is 5.73 Å². The van der Waals surface area contributed by atoms with Crippen LogP contribution >= 0.6 is 0 Å². The Balaban J connectivity index is 1.68. The van der Waals surface area contributed by atoms with Crippen LogP contribution in [0.25, 0.3) is 17.2 Å². The fourth-order valence-electron chi connectivity index (χ4n) is 3.08. The Bertz CT molecular complexity index is 932. The normalized spacial score (nSPS) is 13.9. The molecular weight excluding hydrogens is 328 g/mol. The molecule has 1 aliphatic carbocycles. The minimum absolute atomic E-state index is 0.00957. The summed E-state index contributed by atoms with van der Waals surface area (Å²) in [6, 6.07) is 9.00. The van der Waals surface area contributed by atoms with Gasteiger partial charge in [0.25, 0.3) is 5.91 Å². The van der Waals surface area contributed by atoms with Gasteiger partial charge in [0.1, 0.15) is 11.5 Å². The van der Waals surface area contributed by atoms with Gasteiger partial charge in [-0.05, 0) is 49.4 Å². The van der Waals surface area contributed by atoms with Gasteiger partial charge >= 0.3 is 0 Å². The quantitative estimate of drug-likeness (QED) is 0.738. The summed E-state index contributed by atoms with van der Waals surface area (Å²) in [7, 11) is 0. The van der Waals surface area contributed by atoms with Crippen LogP contribution in [0.4, 0.5) is 5.82 Å². The Kier molecular flexibility index (Phi) is 4.28. The van der Waals surface area contributed by atoms with Crippen LogP contribution < -0.4 is 5.73 Å². The smallest absolute Gasteiger partial charge is 0.254 e. The standard InChI is InChI=1S/C19H22N6O/c1-2-9-24(12-13-6-7-13)19(26)14-10-16(20)25-17(11-14)22-18(23-25)15-5-3-4-8-21-15/h3-5,8,10-11,13H,2,6-7,9,12,20H2,1H3. The number of fused-ring (bicyclic) bond motifs is 1. The average molecular weight is 350 g/mol. The number of rotatable bonds is 6. The second-order valence-corrected chi connectivity index (χ2v) is 6.78. The van der Waals surface area contributed by atoms with E-state index in [9.17, 15) is 4.79 Å². The molecule has 1 saturated carbocycles. The number of pyridine rings is 2. The largest absolute Gasteiger partial charge is 0.384 e. The highest BCUT2D eigenvalue weighted by Crippen LogP contribution is 2.30. The van der Waals surface area contributed by atoms with Crippen LogP contribution in [-0.2, 0) is 0 Å². The van der Waals surface area contributed by atoms with Crippen LogP contribution in [0.5, 0.6) is 0 Å². The molecule has 1 amide bonds. The van der Waals surface area contributed by atoms with Crippen molar-refractivity contribution in [2.45, 2.75) is 26.2 Å². The molecular formula is C19H22N6O. The van der Waals surface area contributed by atoms with Gasteiger partial charge in [-0.2, -0.15) is 4.52 Å². The predicted octanol–water partition coefficient (Wildman–Crippen LogP) is 2.64. The highest BCUT2D eigenvalue weighted by molar-refractivity contribution is 5.96. The number of carbonyl (C=O) groups excluding carboxylic acids is 1. The fourth-order valence-corrected chi connectivity index (χ4v) is 3.08. The van der Waals surface area contributed by atoms with Crippen molar-refractivity contribution in [3.63, 3.8) is 0 Å². The third kappa shape index (κ3) is 3.24. The lowest BCUT2D eigenvalue weighted by atomic mass is 10.2. The van der Waals surface area contributed by atoms with Gasteiger partial charge in [-0.3, -0.25) is 9.78 Å². The van der Waals surface area contributed by atoms with Crippen molar-refractivity contribution < 1.29 is 4.79 Å². The number of nitrogen functional groups attached to an aromatic ring is 1. The zero-order chi connectivity index (χ0) is 18.1. The zero-order valence-electron chi connectivity index (χ0n) is 14.8. The maximum Gasteiger partial charge on any atom is 0.254 e. The highest BCUT2D eigenvalue weighted by atomic mass is 16.2. The van der Waals surface area contributed by atoms with E-state index in [1.54, 1.807) is 22.8 Å². The molecule has 0 bridgehead atoms. The topological polar surface area (TPSA) is 89.4 Å². The maximum atomic E-state index is 13.0. The van der Waals surface area contributed by atoms with E-state index in [-0.39, 0.29) is 5.91 Å². The molecule has 0 saturated heterocycles. The van der Waals surface area contributed by atoms with Gasteiger partial charge in [0.15, 0.2) is 5.65 Å². The minimum atomic E-state index is 0.00957. The summed E-state index contributed by atoms with van der Waals surface area (Å²) in [4.78, 5) is 23.7. The molecule has 7 heteroatoms. The first-order valence-corrected chi connectivity index (χ1v) is 9.02. The number of amides is 1. The zero-order valence-corrected chi connectivity index (χ0v) is 14.8. The van der Waals surface area contributed by atoms with Gasteiger partial charge in [0.2, 0.25) is 5.82 Å². The monoisotopic (exact) mass is 350 g/mol. The second-order valence-electron chi connectivity index (χ2n) is 6.78. The Labute approximate surface area is 151 Å². The summed E-state index contributed by atoms with van der Waals surface area (Å²) in [5.41, 5.74) is 7.93. The molecule has 2 N–H and O–H groups in total. The number of carbonyl (C=O) groups is 1. The number of hydrogen-bond donors (Lipinski definition) is 1. The second kappa shape index (κ2) is 6.74. The first-order chi connectivity index (χ1) is 12.7. The molecule has 134 valence electrons. The van der Waals surface area contributed by atoms with Crippen molar-refractivity contribution in [3.8, 4) is 11.5 Å². The molecule has 4 rings (SSSR count). The van der Waals surface area contributed by atoms with Gasteiger partial charge in [0.05, 0.1) is 0 Å². The van der Waals surface area contributed by atoms with E-state index < -0.39 is 0 Å². The summed E-state index contributed by atoms with van der Waals surface area (Å²) in [6.07, 6.45) is 5.06. The van der Waals surface area contributed by atoms with Crippen LogP contribution in [0.3, 0.4) is 0 Å². The fraction of sp³-hybridized carbons (Fsp3) is 0.368. The van der Waals surface area contributed by atoms with Crippen LogP contribution in [-0.4, -0.2) is 43.5 Å². The van der Waals surface area contributed by atoms with E-state index in [0.717, 1.165) is 19.5 Å². The summed E-state index contributed by atoms with van der Waals surface area (Å²) < 4.78 is 1.55. The van der Waals surface area contributed by atoms with Crippen LogP contribution in [0.15, 0.2) is 36.5 Å². The highest BCUT2D eigenvalue weighted by Gasteiger charge is 2.27. The Morgan fingerprint density at radius 2 is 2.19 bits per heavy atom. The van der Waals surface area contributed by atoms with Crippen molar-refractivity contribution in [2.24, 2.45) is 5.92 Å². The molecule has 3 aromatic rings. The summed E-state index contributed by atoms with van der Waals surface area (Å²) >= 11 is 0. The van der Waals surface area contributed by atoms with Crippen molar-refractivity contribution in [3.05, 3.63) is 42.1 Å². The van der Waals surface area contributed by atoms with E-state index in [1.807, 2.05) is 23.1 Å². The van der Waals surface area contributed by atoms with Gasteiger partial charge in [0, 0.05) is 24.8 Å². The summed E-state index contributed by atoms with van der Waals surface area (Å²) in [6.45, 7) is 3.67. The molecule has 1 fully saturated rings. The molecule has 1 aliphatic rings.